The first-order valence-corrected chi connectivity index (χ1v) is 10.1. The van der Waals surface area contributed by atoms with Crippen molar-refractivity contribution in [3.05, 3.63) is 35.4 Å². The molecule has 0 aliphatic carbocycles. The molecule has 0 spiro atoms. The smallest absolute Gasteiger partial charge is 0.269 e. The number of aliphatic hydroxyl groups is 1. The van der Waals surface area contributed by atoms with Crippen molar-refractivity contribution in [1.29, 1.82) is 0 Å². The molecule has 6 heteroatoms. The summed E-state index contributed by atoms with van der Waals surface area (Å²) >= 11 is 0. The maximum absolute atomic E-state index is 10.9. The number of nitrogens with one attached hydrogen (secondary N) is 1. The molecule has 0 aliphatic heterocycles. The second kappa shape index (κ2) is 7.95. The Hall–Kier alpha value is -1.65. The molecule has 1 atom stereocenters. The van der Waals surface area contributed by atoms with Crippen LogP contribution in [0.1, 0.15) is 17.2 Å². The molecule has 0 fully saturated rings. The fourth-order valence-corrected chi connectivity index (χ4v) is 2.02. The number of hydrogen-bond donors (Lipinski definition) is 3. The molecule has 1 aromatic rings. The van der Waals surface area contributed by atoms with Crippen molar-refractivity contribution in [3.8, 4) is 11.5 Å². The SMILES string of the molecule is C[Si](C)(C)C#Cc1ccc([C@H](CO)OCC(=O)NO)cc1. The highest BCUT2D eigenvalue weighted by atomic mass is 28.3. The van der Waals surface area contributed by atoms with Gasteiger partial charge in [0.15, 0.2) is 0 Å². The van der Waals surface area contributed by atoms with E-state index in [4.69, 9.17) is 9.94 Å². The van der Waals surface area contributed by atoms with Crippen molar-refractivity contribution >= 4 is 14.0 Å². The predicted molar refractivity (Wildman–Crippen MR) is 82.4 cm³/mol. The first-order valence-electron chi connectivity index (χ1n) is 6.64. The molecule has 0 heterocycles. The summed E-state index contributed by atoms with van der Waals surface area (Å²) in [6, 6.07) is 7.35. The lowest BCUT2D eigenvalue weighted by Crippen LogP contribution is -2.25. The number of amides is 1. The van der Waals surface area contributed by atoms with Crippen LogP contribution in [0.3, 0.4) is 0 Å². The van der Waals surface area contributed by atoms with Crippen LogP contribution < -0.4 is 5.48 Å². The van der Waals surface area contributed by atoms with Gasteiger partial charge in [-0.1, -0.05) is 37.7 Å². The first-order chi connectivity index (χ1) is 9.85. The van der Waals surface area contributed by atoms with Gasteiger partial charge in [-0.05, 0) is 17.7 Å². The quantitative estimate of drug-likeness (QED) is 0.333. The third kappa shape index (κ3) is 6.56. The molecule has 5 nitrogen and oxygen atoms in total. The lowest BCUT2D eigenvalue weighted by Gasteiger charge is -2.15. The van der Waals surface area contributed by atoms with Gasteiger partial charge in [0.2, 0.25) is 0 Å². The van der Waals surface area contributed by atoms with Crippen molar-refractivity contribution in [1.82, 2.24) is 5.48 Å². The van der Waals surface area contributed by atoms with Gasteiger partial charge in [0.05, 0.1) is 6.61 Å². The summed E-state index contributed by atoms with van der Waals surface area (Å²) in [7, 11) is -1.41. The predicted octanol–water partition coefficient (Wildman–Crippen LogP) is 1.47. The molecular formula is C15H21NO4Si. The lowest BCUT2D eigenvalue weighted by atomic mass is 10.1. The number of aliphatic hydroxyl groups excluding tert-OH is 1. The van der Waals surface area contributed by atoms with Gasteiger partial charge in [0.1, 0.15) is 20.8 Å². The van der Waals surface area contributed by atoms with Crippen LogP contribution in [0, 0.1) is 11.5 Å². The van der Waals surface area contributed by atoms with Gasteiger partial charge < -0.3 is 9.84 Å². The van der Waals surface area contributed by atoms with Crippen molar-refractivity contribution in [2.75, 3.05) is 13.2 Å². The van der Waals surface area contributed by atoms with Crippen LogP contribution >= 0.6 is 0 Å². The molecule has 1 amide bonds. The lowest BCUT2D eigenvalue weighted by molar-refractivity contribution is -0.137. The Balaban J connectivity index is 2.74. The Morgan fingerprint density at radius 3 is 2.43 bits per heavy atom. The third-order valence-corrected chi connectivity index (χ3v) is 3.45. The molecule has 21 heavy (non-hydrogen) atoms. The average molecular weight is 307 g/mol. The van der Waals surface area contributed by atoms with Gasteiger partial charge in [-0.25, -0.2) is 5.48 Å². The number of hydroxylamine groups is 1. The number of carbonyl (C=O) groups excluding carboxylic acids is 1. The standard InChI is InChI=1S/C15H21NO4Si/c1-21(2,3)9-8-12-4-6-13(7-5-12)14(10-17)20-11-15(18)16-19/h4-7,14,17,19H,10-11H2,1-3H3,(H,16,18)/t14-/m0/s1. The maximum Gasteiger partial charge on any atom is 0.269 e. The van der Waals surface area contributed by atoms with Gasteiger partial charge in [0.25, 0.3) is 5.91 Å². The van der Waals surface area contributed by atoms with Gasteiger partial charge in [0, 0.05) is 5.56 Å². The fourth-order valence-electron chi connectivity index (χ4n) is 1.50. The zero-order chi connectivity index (χ0) is 15.9. The highest BCUT2D eigenvalue weighted by Gasteiger charge is 2.13. The van der Waals surface area contributed by atoms with Gasteiger partial charge >= 0.3 is 0 Å². The topological polar surface area (TPSA) is 78.8 Å². The Morgan fingerprint density at radius 1 is 1.33 bits per heavy atom. The summed E-state index contributed by atoms with van der Waals surface area (Å²) in [6.45, 7) is 5.96. The van der Waals surface area contributed by atoms with Gasteiger partial charge in [-0.15, -0.1) is 5.54 Å². The highest BCUT2D eigenvalue weighted by molar-refractivity contribution is 6.83. The van der Waals surface area contributed by atoms with E-state index in [1.54, 1.807) is 0 Å². The Morgan fingerprint density at radius 2 is 1.95 bits per heavy atom. The zero-order valence-electron chi connectivity index (χ0n) is 12.5. The fraction of sp³-hybridized carbons (Fsp3) is 0.400. The molecule has 0 unspecified atom stereocenters. The maximum atomic E-state index is 10.9. The molecule has 0 bridgehead atoms. The second-order valence-corrected chi connectivity index (χ2v) is 10.4. The molecule has 1 rings (SSSR count). The van der Waals surface area contributed by atoms with Crippen LogP contribution in [0.25, 0.3) is 0 Å². The Bertz CT molecular complexity index is 525. The van der Waals surface area contributed by atoms with Crippen LogP contribution in [0.2, 0.25) is 19.6 Å². The van der Waals surface area contributed by atoms with E-state index < -0.39 is 20.1 Å². The number of ether oxygens (including phenoxy) is 1. The zero-order valence-corrected chi connectivity index (χ0v) is 13.5. The molecule has 0 saturated carbocycles. The molecular weight excluding hydrogens is 286 g/mol. The van der Waals surface area contributed by atoms with Gasteiger partial charge in [-0.3, -0.25) is 10.0 Å². The second-order valence-electron chi connectivity index (χ2n) is 5.64. The largest absolute Gasteiger partial charge is 0.393 e. The number of rotatable bonds is 5. The van der Waals surface area contributed by atoms with Crippen molar-refractivity contribution in [2.24, 2.45) is 0 Å². The van der Waals surface area contributed by atoms with Crippen LogP contribution in [0.5, 0.6) is 0 Å². The third-order valence-electron chi connectivity index (χ3n) is 2.57. The Kier molecular flexibility index (Phi) is 6.59. The van der Waals surface area contributed by atoms with Crippen molar-refractivity contribution in [2.45, 2.75) is 25.7 Å². The van der Waals surface area contributed by atoms with E-state index in [0.29, 0.717) is 0 Å². The summed E-state index contributed by atoms with van der Waals surface area (Å²) in [5.74, 6) is 2.48. The van der Waals surface area contributed by atoms with E-state index in [-0.39, 0.29) is 13.2 Å². The van der Waals surface area contributed by atoms with Crippen LogP contribution in [0.15, 0.2) is 24.3 Å². The highest BCUT2D eigenvalue weighted by Crippen LogP contribution is 2.17. The summed E-state index contributed by atoms with van der Waals surface area (Å²) in [5, 5.41) is 17.7. The molecule has 1 aromatic carbocycles. The minimum Gasteiger partial charge on any atom is -0.393 e. The summed E-state index contributed by atoms with van der Waals surface area (Å²) in [5.41, 5.74) is 6.41. The van der Waals surface area contributed by atoms with Crippen molar-refractivity contribution < 1.29 is 19.8 Å². The molecule has 0 saturated heterocycles. The minimum atomic E-state index is -1.41. The summed E-state index contributed by atoms with van der Waals surface area (Å²) < 4.78 is 5.23. The van der Waals surface area contributed by atoms with Crippen LogP contribution in [0.4, 0.5) is 0 Å². The summed E-state index contributed by atoms with van der Waals surface area (Å²) in [6.07, 6.45) is -0.610. The number of hydrogen-bond acceptors (Lipinski definition) is 4. The van der Waals surface area contributed by atoms with Crippen LogP contribution in [-0.4, -0.2) is 37.5 Å². The minimum absolute atomic E-state index is 0.251. The summed E-state index contributed by atoms with van der Waals surface area (Å²) in [4.78, 5) is 10.9. The van der Waals surface area contributed by atoms with E-state index in [0.717, 1.165) is 11.1 Å². The molecule has 3 N–H and O–H groups in total. The first kappa shape index (κ1) is 17.4. The van der Waals surface area contributed by atoms with E-state index >= 15 is 0 Å². The normalized spacial score (nSPS) is 12.2. The number of benzene rings is 1. The Labute approximate surface area is 125 Å². The monoisotopic (exact) mass is 307 g/mol. The van der Waals surface area contributed by atoms with Gasteiger partial charge in [-0.2, -0.15) is 0 Å². The van der Waals surface area contributed by atoms with E-state index in [1.165, 1.54) is 5.48 Å². The van der Waals surface area contributed by atoms with Crippen LogP contribution in [-0.2, 0) is 9.53 Å². The molecule has 114 valence electrons. The number of carbonyl (C=O) groups is 1. The molecule has 0 aromatic heterocycles. The average Bonchev–Trinajstić information content (AvgIpc) is 2.45. The molecule has 0 radical (unpaired) electrons. The molecule has 0 aliphatic rings. The van der Waals surface area contributed by atoms with E-state index in [2.05, 4.69) is 31.1 Å². The van der Waals surface area contributed by atoms with Crippen molar-refractivity contribution in [3.63, 3.8) is 0 Å². The van der Waals surface area contributed by atoms with E-state index in [9.17, 15) is 9.90 Å². The van der Waals surface area contributed by atoms with E-state index in [1.807, 2.05) is 24.3 Å².